The number of nitrogens with zero attached hydrogens (tertiary/aromatic N) is 1. The lowest BCUT2D eigenvalue weighted by molar-refractivity contribution is 0.185. The summed E-state index contributed by atoms with van der Waals surface area (Å²) in [5.41, 5.74) is 0.397. The van der Waals surface area contributed by atoms with Crippen molar-refractivity contribution in [2.24, 2.45) is 11.3 Å². The first-order valence-corrected chi connectivity index (χ1v) is 8.05. The number of hydrogen-bond acceptors (Lipinski definition) is 3. The first-order valence-electron chi connectivity index (χ1n) is 8.05. The fourth-order valence-electron chi connectivity index (χ4n) is 2.67. The molecule has 1 heterocycles. The minimum Gasteiger partial charge on any atom is -0.396 e. The lowest BCUT2D eigenvalue weighted by atomic mass is 9.85. The van der Waals surface area contributed by atoms with Gasteiger partial charge in [0.15, 0.2) is 0 Å². The molecule has 19 heavy (non-hydrogen) atoms. The van der Waals surface area contributed by atoms with Gasteiger partial charge in [-0.15, -0.1) is 0 Å². The van der Waals surface area contributed by atoms with Crippen LogP contribution >= 0.6 is 0 Å². The van der Waals surface area contributed by atoms with Gasteiger partial charge in [0.2, 0.25) is 0 Å². The zero-order valence-corrected chi connectivity index (χ0v) is 13.2. The Morgan fingerprint density at radius 1 is 1.11 bits per heavy atom. The van der Waals surface area contributed by atoms with Crippen LogP contribution in [0.15, 0.2) is 0 Å². The molecule has 0 amide bonds. The molecule has 114 valence electrons. The molecule has 1 rings (SSSR count). The van der Waals surface area contributed by atoms with E-state index in [1.54, 1.807) is 0 Å². The number of aliphatic hydroxyl groups excluding tert-OH is 1. The fourth-order valence-corrected chi connectivity index (χ4v) is 2.67. The largest absolute Gasteiger partial charge is 0.396 e. The number of piperazine rings is 1. The molecule has 1 fully saturated rings. The van der Waals surface area contributed by atoms with E-state index in [2.05, 4.69) is 31.0 Å². The highest BCUT2D eigenvalue weighted by molar-refractivity contribution is 4.69. The molecule has 0 aromatic carbocycles. The minimum absolute atomic E-state index is 0.365. The van der Waals surface area contributed by atoms with Gasteiger partial charge in [0.25, 0.3) is 0 Å². The third kappa shape index (κ3) is 8.61. The van der Waals surface area contributed by atoms with E-state index in [0.717, 1.165) is 13.1 Å². The van der Waals surface area contributed by atoms with Crippen LogP contribution in [-0.4, -0.2) is 49.3 Å². The summed E-state index contributed by atoms with van der Waals surface area (Å²) in [6.07, 6.45) is 6.13. The van der Waals surface area contributed by atoms with E-state index in [1.807, 2.05) is 0 Å². The summed E-state index contributed by atoms with van der Waals surface area (Å²) in [5.74, 6) is 0.516. The van der Waals surface area contributed by atoms with Crippen molar-refractivity contribution < 1.29 is 5.11 Å². The SMILES string of the molecule is CC(C)(C)CC[C@H](CO)CCCCN1CCNCC1. The van der Waals surface area contributed by atoms with Gasteiger partial charge < -0.3 is 15.3 Å². The van der Waals surface area contributed by atoms with Gasteiger partial charge in [0.05, 0.1) is 0 Å². The van der Waals surface area contributed by atoms with E-state index in [-0.39, 0.29) is 0 Å². The highest BCUT2D eigenvalue weighted by Gasteiger charge is 2.15. The second-order valence-electron chi connectivity index (χ2n) is 7.24. The predicted molar refractivity (Wildman–Crippen MR) is 82.4 cm³/mol. The Kier molecular flexibility index (Phi) is 7.96. The molecule has 1 saturated heterocycles. The van der Waals surface area contributed by atoms with Crippen molar-refractivity contribution in [3.8, 4) is 0 Å². The molecule has 0 unspecified atom stereocenters. The van der Waals surface area contributed by atoms with E-state index in [1.165, 1.54) is 51.7 Å². The summed E-state index contributed by atoms with van der Waals surface area (Å²) in [5, 5.41) is 12.8. The molecule has 1 aliphatic heterocycles. The number of unbranched alkanes of at least 4 members (excludes halogenated alkanes) is 1. The van der Waals surface area contributed by atoms with Crippen LogP contribution in [0.5, 0.6) is 0 Å². The zero-order chi connectivity index (χ0) is 14.1. The average molecular weight is 270 g/mol. The topological polar surface area (TPSA) is 35.5 Å². The average Bonchev–Trinajstić information content (AvgIpc) is 2.38. The maximum absolute atomic E-state index is 9.45. The summed E-state index contributed by atoms with van der Waals surface area (Å²) < 4.78 is 0. The van der Waals surface area contributed by atoms with Crippen LogP contribution in [0, 0.1) is 11.3 Å². The third-order valence-electron chi connectivity index (χ3n) is 4.11. The lowest BCUT2D eigenvalue weighted by Crippen LogP contribution is -2.43. The summed E-state index contributed by atoms with van der Waals surface area (Å²) in [6.45, 7) is 13.1. The minimum atomic E-state index is 0.365. The van der Waals surface area contributed by atoms with Gasteiger partial charge in [-0.25, -0.2) is 0 Å². The Hall–Kier alpha value is -0.120. The van der Waals surface area contributed by atoms with Gasteiger partial charge in [-0.1, -0.05) is 27.2 Å². The smallest absolute Gasteiger partial charge is 0.0459 e. The molecule has 1 aliphatic rings. The first-order chi connectivity index (χ1) is 9.01. The van der Waals surface area contributed by atoms with Crippen molar-refractivity contribution in [1.82, 2.24) is 10.2 Å². The van der Waals surface area contributed by atoms with E-state index in [4.69, 9.17) is 0 Å². The van der Waals surface area contributed by atoms with Gasteiger partial charge >= 0.3 is 0 Å². The molecular weight excluding hydrogens is 236 g/mol. The van der Waals surface area contributed by atoms with Gasteiger partial charge in [-0.3, -0.25) is 0 Å². The Labute approximate surface area is 119 Å². The Bertz CT molecular complexity index is 219. The van der Waals surface area contributed by atoms with E-state index in [0.29, 0.717) is 17.9 Å². The monoisotopic (exact) mass is 270 g/mol. The first kappa shape index (κ1) is 16.9. The van der Waals surface area contributed by atoms with Crippen LogP contribution in [0.25, 0.3) is 0 Å². The van der Waals surface area contributed by atoms with Crippen molar-refractivity contribution in [3.05, 3.63) is 0 Å². The molecule has 0 saturated carbocycles. The highest BCUT2D eigenvalue weighted by Crippen LogP contribution is 2.25. The van der Waals surface area contributed by atoms with Gasteiger partial charge in [-0.2, -0.15) is 0 Å². The van der Waals surface area contributed by atoms with Gasteiger partial charge in [0, 0.05) is 32.8 Å². The van der Waals surface area contributed by atoms with Crippen molar-refractivity contribution >= 4 is 0 Å². The van der Waals surface area contributed by atoms with Crippen molar-refractivity contribution in [1.29, 1.82) is 0 Å². The van der Waals surface area contributed by atoms with E-state index in [9.17, 15) is 5.11 Å². The quantitative estimate of drug-likeness (QED) is 0.665. The third-order valence-corrected chi connectivity index (χ3v) is 4.11. The van der Waals surface area contributed by atoms with Crippen LogP contribution in [0.3, 0.4) is 0 Å². The van der Waals surface area contributed by atoms with Crippen molar-refractivity contribution in [3.63, 3.8) is 0 Å². The number of hydrogen-bond donors (Lipinski definition) is 2. The maximum Gasteiger partial charge on any atom is 0.0459 e. The summed E-state index contributed by atoms with van der Waals surface area (Å²) in [4.78, 5) is 2.56. The molecule has 0 bridgehead atoms. The Morgan fingerprint density at radius 3 is 2.37 bits per heavy atom. The Balaban J connectivity index is 2.05. The second-order valence-corrected chi connectivity index (χ2v) is 7.24. The maximum atomic E-state index is 9.45. The van der Waals surface area contributed by atoms with Crippen molar-refractivity contribution in [2.45, 2.75) is 52.9 Å². The number of rotatable bonds is 8. The van der Waals surface area contributed by atoms with Gasteiger partial charge in [-0.05, 0) is 43.6 Å². The summed E-state index contributed by atoms with van der Waals surface area (Å²) in [7, 11) is 0. The van der Waals surface area contributed by atoms with Crippen LogP contribution in [0.2, 0.25) is 0 Å². The molecule has 0 aliphatic carbocycles. The highest BCUT2D eigenvalue weighted by atomic mass is 16.3. The standard InChI is InChI=1S/C16H34N2O/c1-16(2,3)8-7-15(14-19)6-4-5-11-18-12-9-17-10-13-18/h15,17,19H,4-14H2,1-3H3/t15-/m1/s1. The normalized spacial score (nSPS) is 19.6. The molecule has 1 atom stereocenters. The second kappa shape index (κ2) is 8.93. The molecule has 3 nitrogen and oxygen atoms in total. The predicted octanol–water partition coefficient (Wildman–Crippen LogP) is 2.50. The molecule has 0 aromatic heterocycles. The summed E-state index contributed by atoms with van der Waals surface area (Å²) in [6, 6.07) is 0. The Morgan fingerprint density at radius 2 is 1.79 bits per heavy atom. The van der Waals surface area contributed by atoms with E-state index < -0.39 is 0 Å². The van der Waals surface area contributed by atoms with Crippen LogP contribution in [-0.2, 0) is 0 Å². The molecule has 0 aromatic rings. The van der Waals surface area contributed by atoms with Crippen LogP contribution in [0.4, 0.5) is 0 Å². The molecule has 2 N–H and O–H groups in total. The van der Waals surface area contributed by atoms with Gasteiger partial charge in [0.1, 0.15) is 0 Å². The molecular formula is C16H34N2O. The van der Waals surface area contributed by atoms with Crippen molar-refractivity contribution in [2.75, 3.05) is 39.3 Å². The zero-order valence-electron chi connectivity index (χ0n) is 13.2. The van der Waals surface area contributed by atoms with E-state index >= 15 is 0 Å². The lowest BCUT2D eigenvalue weighted by Gasteiger charge is -2.27. The summed E-state index contributed by atoms with van der Waals surface area (Å²) >= 11 is 0. The molecule has 3 heteroatoms. The number of nitrogens with one attached hydrogen (secondary N) is 1. The molecule has 0 spiro atoms. The fraction of sp³-hybridized carbons (Fsp3) is 1.00. The number of aliphatic hydroxyl groups is 1. The molecule has 0 radical (unpaired) electrons. The van der Waals surface area contributed by atoms with Crippen LogP contribution < -0.4 is 5.32 Å². The van der Waals surface area contributed by atoms with Crippen LogP contribution in [0.1, 0.15) is 52.9 Å².